The Morgan fingerprint density at radius 3 is 2.65 bits per heavy atom. The van der Waals surface area contributed by atoms with Gasteiger partial charge in [-0.25, -0.2) is 14.6 Å². The molecule has 0 saturated carbocycles. The summed E-state index contributed by atoms with van der Waals surface area (Å²) in [7, 11) is 0.761. The molecule has 0 aliphatic carbocycles. The third kappa shape index (κ3) is 4.03. The fourth-order valence-corrected chi connectivity index (χ4v) is 5.27. The lowest BCUT2D eigenvalue weighted by molar-refractivity contribution is 0.586. The number of fused-ring (bicyclic) bond motifs is 2. The molecular weight excluding hydrogens is 459 g/mol. The third-order valence-electron chi connectivity index (χ3n) is 7.08. The first-order chi connectivity index (χ1) is 18.3. The van der Waals surface area contributed by atoms with Crippen LogP contribution in [0.1, 0.15) is 0 Å². The molecule has 1 aliphatic heterocycles. The minimum absolute atomic E-state index is 0.761. The fourth-order valence-electron chi connectivity index (χ4n) is 5.27. The van der Waals surface area contributed by atoms with E-state index < -0.39 is 0 Å². The number of piperazine rings is 1. The maximum Gasteiger partial charge on any atom is 0.197 e. The van der Waals surface area contributed by atoms with Crippen LogP contribution in [0.4, 0.5) is 5.82 Å². The van der Waals surface area contributed by atoms with Crippen molar-refractivity contribution in [2.75, 3.05) is 31.1 Å². The number of hydrogen-bond acceptors (Lipinski definition) is 6. The Labute approximate surface area is 214 Å². The molecule has 1 saturated heterocycles. The van der Waals surface area contributed by atoms with Crippen LogP contribution in [0.25, 0.3) is 38.6 Å². The van der Waals surface area contributed by atoms with E-state index in [1.54, 1.807) is 6.33 Å². The molecule has 180 valence electrons. The topological polar surface area (TPSA) is 87.5 Å². The number of nitrogens with zero attached hydrogens (tertiary/aromatic N) is 6. The SMILES string of the molecule is B(c1cnn(-c2ccccc2)c1)c1ccc2[nH]ncc2c1-c1ccc2c(N3CCNCC3)ncnc2c1. The monoisotopic (exact) mass is 484 g/mol. The number of nitrogens with one attached hydrogen (secondary N) is 2. The first-order valence-electron chi connectivity index (χ1n) is 12.6. The smallest absolute Gasteiger partial charge is 0.197 e. The standard InChI is InChI=1S/C28H25BN8/c1-2-4-21(5-3-1)37-17-20(15-34-37)29-24-8-9-25-23(16-33-35-25)27(24)19-6-7-22-26(14-19)31-18-32-28(22)36-12-10-30-11-13-36/h1-9,14-18,29-30H,10-13H2,(H,33,35). The highest BCUT2D eigenvalue weighted by Gasteiger charge is 2.18. The number of anilines is 1. The van der Waals surface area contributed by atoms with E-state index in [2.05, 4.69) is 84.1 Å². The maximum atomic E-state index is 4.65. The molecule has 0 amide bonds. The van der Waals surface area contributed by atoms with Crippen LogP contribution in [-0.4, -0.2) is 63.4 Å². The molecule has 8 nitrogen and oxygen atoms in total. The van der Waals surface area contributed by atoms with Gasteiger partial charge in [-0.1, -0.05) is 35.8 Å². The van der Waals surface area contributed by atoms with Crippen molar-refractivity contribution in [3.63, 3.8) is 0 Å². The Kier molecular flexibility index (Phi) is 5.40. The van der Waals surface area contributed by atoms with E-state index >= 15 is 0 Å². The van der Waals surface area contributed by atoms with Gasteiger partial charge in [0.25, 0.3) is 0 Å². The summed E-state index contributed by atoms with van der Waals surface area (Å²) in [6, 6.07) is 21.0. The van der Waals surface area contributed by atoms with E-state index in [1.165, 1.54) is 11.0 Å². The zero-order chi connectivity index (χ0) is 24.6. The third-order valence-corrected chi connectivity index (χ3v) is 7.08. The molecule has 3 aromatic carbocycles. The minimum atomic E-state index is 0.761. The zero-order valence-electron chi connectivity index (χ0n) is 20.3. The molecule has 0 spiro atoms. The second-order valence-corrected chi connectivity index (χ2v) is 9.40. The van der Waals surface area contributed by atoms with Gasteiger partial charge in [0.05, 0.1) is 22.9 Å². The summed E-state index contributed by atoms with van der Waals surface area (Å²) in [5.74, 6) is 1.01. The van der Waals surface area contributed by atoms with E-state index in [0.29, 0.717) is 0 Å². The highest BCUT2D eigenvalue weighted by Crippen LogP contribution is 2.31. The Balaban J connectivity index is 1.30. The summed E-state index contributed by atoms with van der Waals surface area (Å²) in [4.78, 5) is 11.6. The van der Waals surface area contributed by atoms with Crippen molar-refractivity contribution in [2.24, 2.45) is 0 Å². The minimum Gasteiger partial charge on any atom is -0.353 e. The second kappa shape index (κ2) is 9.18. The van der Waals surface area contributed by atoms with Crippen LogP contribution < -0.4 is 21.1 Å². The number of aromatic amines is 1. The Bertz CT molecular complexity index is 1700. The molecule has 1 aliphatic rings. The lowest BCUT2D eigenvalue weighted by Gasteiger charge is -2.29. The van der Waals surface area contributed by atoms with Crippen molar-refractivity contribution < 1.29 is 0 Å². The average molecular weight is 484 g/mol. The van der Waals surface area contributed by atoms with Crippen LogP contribution in [0.2, 0.25) is 0 Å². The van der Waals surface area contributed by atoms with Crippen molar-refractivity contribution in [3.05, 3.63) is 85.6 Å². The maximum absolute atomic E-state index is 4.65. The summed E-state index contributed by atoms with van der Waals surface area (Å²) in [5.41, 5.74) is 7.67. The molecule has 1 fully saturated rings. The molecule has 9 heteroatoms. The zero-order valence-corrected chi connectivity index (χ0v) is 20.3. The molecule has 37 heavy (non-hydrogen) atoms. The van der Waals surface area contributed by atoms with Crippen LogP contribution in [0.3, 0.4) is 0 Å². The second-order valence-electron chi connectivity index (χ2n) is 9.40. The average Bonchev–Trinajstić information content (AvgIpc) is 3.63. The molecule has 0 unspecified atom stereocenters. The van der Waals surface area contributed by atoms with Gasteiger partial charge in [0.15, 0.2) is 7.28 Å². The van der Waals surface area contributed by atoms with Crippen LogP contribution in [-0.2, 0) is 0 Å². The summed E-state index contributed by atoms with van der Waals surface area (Å²) in [5, 5.41) is 17.7. The van der Waals surface area contributed by atoms with Crippen molar-refractivity contribution >= 4 is 45.8 Å². The molecule has 4 heterocycles. The van der Waals surface area contributed by atoms with Gasteiger partial charge in [-0.05, 0) is 46.9 Å². The van der Waals surface area contributed by atoms with E-state index in [9.17, 15) is 0 Å². The van der Waals surface area contributed by atoms with Gasteiger partial charge in [0.2, 0.25) is 0 Å². The van der Waals surface area contributed by atoms with Gasteiger partial charge in [-0.15, -0.1) is 0 Å². The Morgan fingerprint density at radius 2 is 1.76 bits per heavy atom. The number of hydrogen-bond donors (Lipinski definition) is 2. The van der Waals surface area contributed by atoms with E-state index in [4.69, 9.17) is 0 Å². The van der Waals surface area contributed by atoms with Crippen molar-refractivity contribution in [2.45, 2.75) is 0 Å². The Morgan fingerprint density at radius 1 is 0.865 bits per heavy atom. The number of para-hydroxylation sites is 1. The molecule has 3 aromatic heterocycles. The normalized spacial score (nSPS) is 13.9. The summed E-state index contributed by atoms with van der Waals surface area (Å²) in [6.45, 7) is 3.83. The highest BCUT2D eigenvalue weighted by atomic mass is 15.3. The van der Waals surface area contributed by atoms with E-state index in [1.807, 2.05) is 35.3 Å². The van der Waals surface area contributed by atoms with Crippen molar-refractivity contribution in [1.29, 1.82) is 0 Å². The van der Waals surface area contributed by atoms with E-state index in [0.717, 1.165) is 77.8 Å². The molecule has 7 rings (SSSR count). The first-order valence-corrected chi connectivity index (χ1v) is 12.6. The lowest BCUT2D eigenvalue weighted by Crippen LogP contribution is -2.44. The lowest BCUT2D eigenvalue weighted by atomic mass is 9.62. The number of aromatic nitrogens is 6. The van der Waals surface area contributed by atoms with Gasteiger partial charge >= 0.3 is 0 Å². The van der Waals surface area contributed by atoms with Crippen LogP contribution in [0.15, 0.2) is 85.6 Å². The predicted octanol–water partition coefficient (Wildman–Crippen LogP) is 2.16. The number of benzene rings is 3. The molecular formula is C28H25BN8. The Hall–Kier alpha value is -4.50. The summed E-state index contributed by atoms with van der Waals surface area (Å²) >= 11 is 0. The summed E-state index contributed by atoms with van der Waals surface area (Å²) < 4.78 is 1.93. The molecule has 0 radical (unpaired) electrons. The van der Waals surface area contributed by atoms with Crippen molar-refractivity contribution in [1.82, 2.24) is 35.3 Å². The van der Waals surface area contributed by atoms with Crippen LogP contribution in [0.5, 0.6) is 0 Å². The molecule has 0 bridgehead atoms. The predicted molar refractivity (Wildman–Crippen MR) is 150 cm³/mol. The number of rotatable bonds is 5. The number of H-pyrrole nitrogens is 1. The van der Waals surface area contributed by atoms with E-state index in [-0.39, 0.29) is 0 Å². The molecule has 6 aromatic rings. The molecule has 0 atom stereocenters. The van der Waals surface area contributed by atoms with Gasteiger partial charge in [0, 0.05) is 49.3 Å². The van der Waals surface area contributed by atoms with Gasteiger partial charge in [-0.3, -0.25) is 5.10 Å². The summed E-state index contributed by atoms with van der Waals surface area (Å²) in [6.07, 6.45) is 7.65. The van der Waals surface area contributed by atoms with Gasteiger partial charge in [-0.2, -0.15) is 10.2 Å². The van der Waals surface area contributed by atoms with Crippen LogP contribution in [0, 0.1) is 0 Å². The largest absolute Gasteiger partial charge is 0.353 e. The quantitative estimate of drug-likeness (QED) is 0.365. The van der Waals surface area contributed by atoms with Crippen molar-refractivity contribution in [3.8, 4) is 16.8 Å². The van der Waals surface area contributed by atoms with Gasteiger partial charge in [0.1, 0.15) is 12.1 Å². The highest BCUT2D eigenvalue weighted by molar-refractivity contribution is 6.69. The van der Waals surface area contributed by atoms with Crippen LogP contribution >= 0.6 is 0 Å². The molecule has 2 N–H and O–H groups in total. The first kappa shape index (κ1) is 21.8. The fraction of sp³-hybridized carbons (Fsp3) is 0.143. The van der Waals surface area contributed by atoms with Gasteiger partial charge < -0.3 is 10.2 Å².